The van der Waals surface area contributed by atoms with Crippen LogP contribution in [0.2, 0.25) is 0 Å². The summed E-state index contributed by atoms with van der Waals surface area (Å²) >= 11 is 0. The molecule has 21 heavy (non-hydrogen) atoms. The Labute approximate surface area is 125 Å². The highest BCUT2D eigenvalue weighted by atomic mass is 16.5. The van der Waals surface area contributed by atoms with Crippen molar-refractivity contribution in [1.82, 2.24) is 0 Å². The fraction of sp³-hybridized carbons (Fsp3) is 0.294. The van der Waals surface area contributed by atoms with Crippen molar-refractivity contribution in [2.75, 3.05) is 25.6 Å². The molecule has 0 aliphatic carbocycles. The summed E-state index contributed by atoms with van der Waals surface area (Å²) in [5, 5.41) is 0. The van der Waals surface area contributed by atoms with Crippen LogP contribution in [0.15, 0.2) is 42.5 Å². The lowest BCUT2D eigenvalue weighted by Crippen LogP contribution is -2.10. The quantitative estimate of drug-likeness (QED) is 0.626. The van der Waals surface area contributed by atoms with E-state index in [2.05, 4.69) is 0 Å². The van der Waals surface area contributed by atoms with Crippen LogP contribution >= 0.6 is 0 Å². The van der Waals surface area contributed by atoms with Crippen molar-refractivity contribution in [3.63, 3.8) is 0 Å². The second kappa shape index (κ2) is 7.43. The molecule has 0 atom stereocenters. The van der Waals surface area contributed by atoms with Crippen LogP contribution in [0.25, 0.3) is 0 Å². The predicted octanol–water partition coefficient (Wildman–Crippen LogP) is 3.43. The molecule has 0 bridgehead atoms. The zero-order valence-electron chi connectivity index (χ0n) is 12.5. The summed E-state index contributed by atoms with van der Waals surface area (Å²) < 4.78 is 16.9. The molecule has 4 nitrogen and oxygen atoms in total. The SMILES string of the molecule is CCOc1ccccc1OCCOc1ccc(N)cc1C. The number of hydrogen-bond donors (Lipinski definition) is 1. The summed E-state index contributed by atoms with van der Waals surface area (Å²) in [6.45, 7) is 5.45. The van der Waals surface area contributed by atoms with Gasteiger partial charge in [-0.3, -0.25) is 0 Å². The number of ether oxygens (including phenoxy) is 3. The summed E-state index contributed by atoms with van der Waals surface area (Å²) in [6, 6.07) is 13.2. The molecule has 0 heterocycles. The topological polar surface area (TPSA) is 53.7 Å². The first-order valence-electron chi connectivity index (χ1n) is 7.04. The molecule has 0 saturated carbocycles. The highest BCUT2D eigenvalue weighted by molar-refractivity contribution is 5.47. The number of aryl methyl sites for hydroxylation is 1. The third-order valence-electron chi connectivity index (χ3n) is 2.95. The first-order chi connectivity index (χ1) is 10.2. The van der Waals surface area contributed by atoms with Gasteiger partial charge in [0.15, 0.2) is 11.5 Å². The Kier molecular flexibility index (Phi) is 5.32. The number of hydrogen-bond acceptors (Lipinski definition) is 4. The Morgan fingerprint density at radius 1 is 0.857 bits per heavy atom. The molecule has 0 aliphatic heterocycles. The highest BCUT2D eigenvalue weighted by Crippen LogP contribution is 2.26. The number of benzene rings is 2. The third-order valence-corrected chi connectivity index (χ3v) is 2.95. The zero-order chi connectivity index (χ0) is 15.1. The fourth-order valence-corrected chi connectivity index (χ4v) is 1.98. The first-order valence-corrected chi connectivity index (χ1v) is 7.04. The minimum absolute atomic E-state index is 0.452. The van der Waals surface area contributed by atoms with Crippen molar-refractivity contribution in [3.8, 4) is 17.2 Å². The Morgan fingerprint density at radius 3 is 2.10 bits per heavy atom. The summed E-state index contributed by atoms with van der Waals surface area (Å²) in [6.07, 6.45) is 0. The van der Waals surface area contributed by atoms with Gasteiger partial charge in [-0.1, -0.05) is 12.1 Å². The Morgan fingerprint density at radius 2 is 1.48 bits per heavy atom. The largest absolute Gasteiger partial charge is 0.490 e. The van der Waals surface area contributed by atoms with Crippen LogP contribution in [-0.2, 0) is 0 Å². The molecule has 0 radical (unpaired) electrons. The van der Waals surface area contributed by atoms with E-state index in [9.17, 15) is 0 Å². The van der Waals surface area contributed by atoms with E-state index < -0.39 is 0 Å². The molecule has 0 amide bonds. The van der Waals surface area contributed by atoms with E-state index in [-0.39, 0.29) is 0 Å². The van der Waals surface area contributed by atoms with Crippen LogP contribution in [0.3, 0.4) is 0 Å². The minimum Gasteiger partial charge on any atom is -0.490 e. The van der Waals surface area contributed by atoms with Crippen molar-refractivity contribution in [3.05, 3.63) is 48.0 Å². The molecule has 4 heteroatoms. The van der Waals surface area contributed by atoms with E-state index in [1.165, 1.54) is 0 Å². The van der Waals surface area contributed by atoms with Gasteiger partial charge in [0.25, 0.3) is 0 Å². The van der Waals surface area contributed by atoms with Gasteiger partial charge in [-0.15, -0.1) is 0 Å². The standard InChI is InChI=1S/C17H21NO3/c1-3-19-16-6-4-5-7-17(16)21-11-10-20-15-9-8-14(18)12-13(15)2/h4-9,12H,3,10-11,18H2,1-2H3. The van der Waals surface area contributed by atoms with Crippen LogP contribution in [0, 0.1) is 6.92 Å². The van der Waals surface area contributed by atoms with Crippen LogP contribution < -0.4 is 19.9 Å². The minimum atomic E-state index is 0.452. The van der Waals surface area contributed by atoms with Crippen LogP contribution in [-0.4, -0.2) is 19.8 Å². The molecule has 2 aromatic carbocycles. The van der Waals surface area contributed by atoms with Crippen LogP contribution in [0.4, 0.5) is 5.69 Å². The summed E-state index contributed by atoms with van der Waals surface area (Å²) in [7, 11) is 0. The van der Waals surface area contributed by atoms with E-state index in [4.69, 9.17) is 19.9 Å². The number of anilines is 1. The molecule has 0 fully saturated rings. The maximum Gasteiger partial charge on any atom is 0.161 e. The predicted molar refractivity (Wildman–Crippen MR) is 84.2 cm³/mol. The molecule has 0 spiro atoms. The van der Waals surface area contributed by atoms with Crippen molar-refractivity contribution >= 4 is 5.69 Å². The van der Waals surface area contributed by atoms with Gasteiger partial charge in [0.2, 0.25) is 0 Å². The maximum absolute atomic E-state index is 5.71. The Balaban J connectivity index is 1.84. The van der Waals surface area contributed by atoms with Gasteiger partial charge < -0.3 is 19.9 Å². The monoisotopic (exact) mass is 287 g/mol. The molecule has 112 valence electrons. The smallest absolute Gasteiger partial charge is 0.161 e. The van der Waals surface area contributed by atoms with Crippen molar-refractivity contribution in [1.29, 1.82) is 0 Å². The highest BCUT2D eigenvalue weighted by Gasteiger charge is 2.04. The van der Waals surface area contributed by atoms with Gasteiger partial charge in [-0.25, -0.2) is 0 Å². The van der Waals surface area contributed by atoms with Gasteiger partial charge in [0, 0.05) is 5.69 Å². The second-order valence-electron chi connectivity index (χ2n) is 4.60. The lowest BCUT2D eigenvalue weighted by Gasteiger charge is -2.13. The van der Waals surface area contributed by atoms with Crippen molar-refractivity contribution in [2.24, 2.45) is 0 Å². The molecule has 0 aliphatic rings. The first kappa shape index (κ1) is 15.0. The maximum atomic E-state index is 5.71. The second-order valence-corrected chi connectivity index (χ2v) is 4.60. The van der Waals surface area contributed by atoms with Gasteiger partial charge in [0.05, 0.1) is 6.61 Å². The third kappa shape index (κ3) is 4.31. The number of nitrogens with two attached hydrogens (primary N) is 1. The normalized spacial score (nSPS) is 10.2. The molecular formula is C17H21NO3. The Bertz CT molecular complexity index is 584. The number of nitrogen functional groups attached to an aromatic ring is 1. The zero-order valence-corrected chi connectivity index (χ0v) is 12.5. The van der Waals surface area contributed by atoms with E-state index in [0.717, 1.165) is 28.5 Å². The molecular weight excluding hydrogens is 266 g/mol. The average molecular weight is 287 g/mol. The van der Waals surface area contributed by atoms with E-state index >= 15 is 0 Å². The van der Waals surface area contributed by atoms with Crippen molar-refractivity contribution in [2.45, 2.75) is 13.8 Å². The molecule has 0 saturated heterocycles. The molecule has 0 unspecified atom stereocenters. The van der Waals surface area contributed by atoms with Gasteiger partial charge in [-0.05, 0) is 49.7 Å². The van der Waals surface area contributed by atoms with Gasteiger partial charge >= 0.3 is 0 Å². The van der Waals surface area contributed by atoms with Gasteiger partial charge in [-0.2, -0.15) is 0 Å². The Hall–Kier alpha value is -2.36. The molecule has 0 aromatic heterocycles. The average Bonchev–Trinajstić information content (AvgIpc) is 2.47. The van der Waals surface area contributed by atoms with E-state index in [1.54, 1.807) is 0 Å². The van der Waals surface area contributed by atoms with Crippen LogP contribution in [0.5, 0.6) is 17.2 Å². The molecule has 2 rings (SSSR count). The summed E-state index contributed by atoms with van der Waals surface area (Å²) in [4.78, 5) is 0. The van der Waals surface area contributed by atoms with Crippen LogP contribution in [0.1, 0.15) is 12.5 Å². The fourth-order valence-electron chi connectivity index (χ4n) is 1.98. The van der Waals surface area contributed by atoms with Gasteiger partial charge in [0.1, 0.15) is 19.0 Å². The summed E-state index contributed by atoms with van der Waals surface area (Å²) in [5.74, 6) is 2.31. The lowest BCUT2D eigenvalue weighted by molar-refractivity contribution is 0.207. The lowest BCUT2D eigenvalue weighted by atomic mass is 10.2. The van der Waals surface area contributed by atoms with E-state index in [0.29, 0.717) is 19.8 Å². The number of para-hydroxylation sites is 2. The number of rotatable bonds is 7. The van der Waals surface area contributed by atoms with Crippen molar-refractivity contribution < 1.29 is 14.2 Å². The molecule has 2 N–H and O–H groups in total. The molecule has 2 aromatic rings. The van der Waals surface area contributed by atoms with E-state index in [1.807, 2.05) is 56.3 Å². The summed E-state index contributed by atoms with van der Waals surface area (Å²) in [5.41, 5.74) is 7.47.